The van der Waals surface area contributed by atoms with Crippen LogP contribution in [0.5, 0.6) is 5.75 Å². The Morgan fingerprint density at radius 1 is 1.14 bits per heavy atom. The van der Waals surface area contributed by atoms with E-state index in [4.69, 9.17) is 16.3 Å². The first-order valence-corrected chi connectivity index (χ1v) is 13.5. The van der Waals surface area contributed by atoms with Gasteiger partial charge in [-0.1, -0.05) is 37.6 Å². The van der Waals surface area contributed by atoms with E-state index in [0.717, 1.165) is 34.4 Å². The summed E-state index contributed by atoms with van der Waals surface area (Å²) >= 11 is 8.37. The van der Waals surface area contributed by atoms with Crippen LogP contribution in [0.15, 0.2) is 42.5 Å². The van der Waals surface area contributed by atoms with E-state index in [2.05, 4.69) is 33.2 Å². The number of ether oxygens (including phenoxy) is 1. The lowest BCUT2D eigenvalue weighted by atomic mass is 10.0. The van der Waals surface area contributed by atoms with Crippen molar-refractivity contribution in [3.8, 4) is 5.75 Å². The van der Waals surface area contributed by atoms with Crippen molar-refractivity contribution in [1.29, 1.82) is 0 Å². The summed E-state index contributed by atoms with van der Waals surface area (Å²) in [7, 11) is 0. The number of anilines is 1. The zero-order chi connectivity index (χ0) is 26.7. The molecule has 37 heavy (non-hydrogen) atoms. The van der Waals surface area contributed by atoms with Crippen molar-refractivity contribution < 1.29 is 23.9 Å². The minimum absolute atomic E-state index is 0.0536. The molecule has 2 aliphatic rings. The van der Waals surface area contributed by atoms with Gasteiger partial charge >= 0.3 is 6.03 Å². The molecule has 1 unspecified atom stereocenters. The fraction of sp³-hybridized carbons (Fsp3) is 0.385. The summed E-state index contributed by atoms with van der Waals surface area (Å²) < 4.78 is 6.51. The van der Waals surface area contributed by atoms with Crippen molar-refractivity contribution in [2.24, 2.45) is 5.92 Å². The van der Waals surface area contributed by atoms with E-state index in [0.29, 0.717) is 22.0 Å². The van der Waals surface area contributed by atoms with Crippen LogP contribution in [0.1, 0.15) is 38.3 Å². The van der Waals surface area contributed by atoms with E-state index in [1.807, 2.05) is 0 Å². The van der Waals surface area contributed by atoms with Gasteiger partial charge in [-0.3, -0.25) is 14.4 Å². The van der Waals surface area contributed by atoms with Crippen LogP contribution in [-0.4, -0.2) is 59.3 Å². The van der Waals surface area contributed by atoms with Crippen molar-refractivity contribution in [3.63, 3.8) is 0 Å². The van der Waals surface area contributed by atoms with E-state index in [-0.39, 0.29) is 18.4 Å². The highest BCUT2D eigenvalue weighted by atomic mass is 127. The van der Waals surface area contributed by atoms with Gasteiger partial charge in [-0.2, -0.15) is 0 Å². The van der Waals surface area contributed by atoms with Crippen molar-refractivity contribution >= 4 is 63.6 Å². The smallest absolute Gasteiger partial charge is 0.325 e. The quantitative estimate of drug-likeness (QED) is 0.333. The lowest BCUT2D eigenvalue weighted by molar-refractivity contribution is -0.135. The van der Waals surface area contributed by atoms with Crippen LogP contribution in [-0.2, 0) is 14.4 Å². The lowest BCUT2D eigenvalue weighted by Crippen LogP contribution is -2.50. The molecule has 0 bridgehead atoms. The van der Waals surface area contributed by atoms with Gasteiger partial charge in [0.05, 0.1) is 10.7 Å². The Morgan fingerprint density at radius 2 is 1.81 bits per heavy atom. The van der Waals surface area contributed by atoms with Crippen LogP contribution in [0.2, 0.25) is 5.02 Å². The normalized spacial score (nSPS) is 18.2. The molecule has 2 atom stereocenters. The summed E-state index contributed by atoms with van der Waals surface area (Å²) in [6.45, 7) is 5.00. The van der Waals surface area contributed by atoms with Gasteiger partial charge in [-0.05, 0) is 77.2 Å². The molecule has 2 heterocycles. The van der Waals surface area contributed by atoms with Crippen LogP contribution in [0.3, 0.4) is 0 Å². The molecular formula is C26H28ClIN4O5. The number of halogens is 2. The predicted octanol–water partition coefficient (Wildman–Crippen LogP) is 4.20. The lowest BCUT2D eigenvalue weighted by Gasteiger charge is -2.27. The molecule has 196 valence electrons. The summed E-state index contributed by atoms with van der Waals surface area (Å²) in [5, 5.41) is 5.79. The first kappa shape index (κ1) is 27.2. The van der Waals surface area contributed by atoms with Gasteiger partial charge in [0.25, 0.3) is 11.8 Å². The van der Waals surface area contributed by atoms with Gasteiger partial charge in [-0.25, -0.2) is 9.69 Å². The first-order valence-electron chi connectivity index (χ1n) is 12.1. The van der Waals surface area contributed by atoms with Crippen LogP contribution >= 0.6 is 34.2 Å². The van der Waals surface area contributed by atoms with E-state index >= 15 is 0 Å². The molecule has 0 aliphatic carbocycles. The maximum absolute atomic E-state index is 13.3. The molecule has 0 aromatic heterocycles. The molecular weight excluding hydrogens is 611 g/mol. The number of carbonyl (C=O) groups is 4. The second kappa shape index (κ2) is 11.7. The van der Waals surface area contributed by atoms with Crippen molar-refractivity contribution in [2.45, 2.75) is 38.8 Å². The van der Waals surface area contributed by atoms with E-state index < -0.39 is 29.9 Å². The number of carbonyl (C=O) groups excluding carboxylic acids is 4. The average molecular weight is 639 g/mol. The van der Waals surface area contributed by atoms with Crippen molar-refractivity contribution in [1.82, 2.24) is 15.1 Å². The van der Waals surface area contributed by atoms with Gasteiger partial charge < -0.3 is 20.3 Å². The van der Waals surface area contributed by atoms with Crippen LogP contribution in [0, 0.1) is 9.49 Å². The third kappa shape index (κ3) is 6.18. The Morgan fingerprint density at radius 3 is 2.43 bits per heavy atom. The molecule has 2 aromatic rings. The molecule has 11 heteroatoms. The van der Waals surface area contributed by atoms with Crippen LogP contribution in [0.4, 0.5) is 10.5 Å². The monoisotopic (exact) mass is 638 g/mol. The standard InChI is InChI=1S/C26H28ClIN4O5/c1-15(2)23(24(34)29-20-10-7-17(28)13-19(20)27)32-25(35)22(30-26(32)36)16-5-8-18(9-6-16)37-14-21(33)31-11-3-4-12-31/h5-10,13,15,22-23H,3-4,11-12,14H2,1-2H3,(H,29,34)(H,30,36)/t22-,23?/m1/s1. The number of likely N-dealkylation sites (tertiary alicyclic amines) is 1. The minimum Gasteiger partial charge on any atom is -0.484 e. The fourth-order valence-corrected chi connectivity index (χ4v) is 5.36. The third-order valence-corrected chi connectivity index (χ3v) is 7.36. The van der Waals surface area contributed by atoms with Crippen molar-refractivity contribution in [2.75, 3.05) is 25.0 Å². The summed E-state index contributed by atoms with van der Waals surface area (Å²) in [6.07, 6.45) is 2.02. The van der Waals surface area contributed by atoms with E-state index in [9.17, 15) is 19.2 Å². The average Bonchev–Trinajstić information content (AvgIpc) is 3.49. The molecule has 0 saturated carbocycles. The highest BCUT2D eigenvalue weighted by Crippen LogP contribution is 2.29. The SMILES string of the molecule is CC(C)C(C(=O)Nc1ccc(I)cc1Cl)N1C(=O)N[C@H](c2ccc(OCC(=O)N3CCCC3)cc2)C1=O. The van der Waals surface area contributed by atoms with Gasteiger partial charge in [0.1, 0.15) is 17.8 Å². The number of imide groups is 1. The topological polar surface area (TPSA) is 108 Å². The number of urea groups is 1. The zero-order valence-corrected chi connectivity index (χ0v) is 23.4. The summed E-state index contributed by atoms with van der Waals surface area (Å²) in [5.41, 5.74) is 0.947. The predicted molar refractivity (Wildman–Crippen MR) is 147 cm³/mol. The number of rotatable bonds is 8. The van der Waals surface area contributed by atoms with Crippen LogP contribution < -0.4 is 15.4 Å². The second-order valence-corrected chi connectivity index (χ2v) is 11.0. The molecule has 2 aromatic carbocycles. The number of nitrogens with one attached hydrogen (secondary N) is 2. The van der Waals surface area contributed by atoms with Gasteiger partial charge in [-0.15, -0.1) is 0 Å². The Bertz CT molecular complexity index is 1200. The molecule has 2 fully saturated rings. The highest BCUT2D eigenvalue weighted by molar-refractivity contribution is 14.1. The van der Waals surface area contributed by atoms with E-state index in [1.165, 1.54) is 0 Å². The molecule has 2 aliphatic heterocycles. The largest absolute Gasteiger partial charge is 0.484 e. The Kier molecular flexibility index (Phi) is 8.58. The third-order valence-electron chi connectivity index (χ3n) is 6.37. The number of amides is 5. The highest BCUT2D eigenvalue weighted by Gasteiger charge is 2.46. The van der Waals surface area contributed by atoms with Crippen molar-refractivity contribution in [3.05, 3.63) is 56.6 Å². The van der Waals surface area contributed by atoms with E-state index in [1.54, 1.807) is 61.2 Å². The Balaban J connectivity index is 1.43. The van der Waals surface area contributed by atoms with Gasteiger partial charge in [0.15, 0.2) is 6.61 Å². The fourth-order valence-electron chi connectivity index (χ4n) is 4.46. The molecule has 9 nitrogen and oxygen atoms in total. The molecule has 4 rings (SSSR count). The summed E-state index contributed by atoms with van der Waals surface area (Å²) in [5.74, 6) is -0.946. The second-order valence-electron chi connectivity index (χ2n) is 9.34. The first-order chi connectivity index (χ1) is 17.7. The number of nitrogens with zero attached hydrogens (tertiary/aromatic N) is 2. The summed E-state index contributed by atoms with van der Waals surface area (Å²) in [4.78, 5) is 54.3. The molecule has 2 saturated heterocycles. The minimum atomic E-state index is -1.04. The summed E-state index contributed by atoms with van der Waals surface area (Å²) in [6, 6.07) is 9.20. The molecule has 2 N–H and O–H groups in total. The molecule has 0 spiro atoms. The zero-order valence-electron chi connectivity index (χ0n) is 20.5. The Hall–Kier alpha value is -2.86. The number of hydrogen-bond donors (Lipinski definition) is 2. The van der Waals surface area contributed by atoms with Gasteiger partial charge in [0.2, 0.25) is 5.91 Å². The maximum atomic E-state index is 13.3. The number of hydrogen-bond acceptors (Lipinski definition) is 5. The Labute approximate surface area is 234 Å². The molecule has 0 radical (unpaired) electrons. The maximum Gasteiger partial charge on any atom is 0.325 e. The number of benzene rings is 2. The van der Waals surface area contributed by atoms with Crippen LogP contribution in [0.25, 0.3) is 0 Å². The van der Waals surface area contributed by atoms with Gasteiger partial charge in [0, 0.05) is 16.7 Å². The molecule has 5 amide bonds.